The first-order valence-corrected chi connectivity index (χ1v) is 5.94. The number of benzene rings is 2. The zero-order valence-corrected chi connectivity index (χ0v) is 10.6. The zero-order chi connectivity index (χ0) is 13.8. The monoisotopic (exact) mass is 284 g/mol. The van der Waals surface area contributed by atoms with Crippen LogP contribution in [-0.4, -0.2) is 5.11 Å². The number of halogens is 3. The van der Waals surface area contributed by atoms with Crippen LogP contribution in [0.2, 0.25) is 5.02 Å². The number of aliphatic hydroxyl groups is 1. The summed E-state index contributed by atoms with van der Waals surface area (Å²) in [6.07, 6.45) is 0. The second-order valence-corrected chi connectivity index (χ2v) is 4.37. The Morgan fingerprint density at radius 1 is 1.05 bits per heavy atom. The van der Waals surface area contributed by atoms with E-state index in [9.17, 15) is 8.78 Å². The molecule has 0 atom stereocenters. The van der Waals surface area contributed by atoms with Crippen molar-refractivity contribution >= 4 is 11.6 Å². The Morgan fingerprint density at radius 2 is 1.84 bits per heavy atom. The van der Waals surface area contributed by atoms with Crippen LogP contribution in [0.1, 0.15) is 11.1 Å². The minimum Gasteiger partial charge on any atom is -0.488 e. The van der Waals surface area contributed by atoms with E-state index < -0.39 is 11.6 Å². The molecule has 2 aromatic rings. The topological polar surface area (TPSA) is 29.5 Å². The molecule has 0 aliphatic carbocycles. The van der Waals surface area contributed by atoms with Gasteiger partial charge in [0.1, 0.15) is 24.0 Å². The second-order valence-electron chi connectivity index (χ2n) is 3.93. The number of ether oxygens (including phenoxy) is 1. The van der Waals surface area contributed by atoms with Crippen molar-refractivity contribution in [3.05, 3.63) is 64.2 Å². The normalized spacial score (nSPS) is 10.5. The SMILES string of the molecule is OCc1cc(F)ccc1OCc1cc(Cl)ccc1F. The molecule has 19 heavy (non-hydrogen) atoms. The lowest BCUT2D eigenvalue weighted by molar-refractivity contribution is 0.256. The van der Waals surface area contributed by atoms with Crippen LogP contribution in [0.15, 0.2) is 36.4 Å². The molecular formula is C14H11ClF2O2. The van der Waals surface area contributed by atoms with E-state index in [2.05, 4.69) is 0 Å². The molecule has 0 aromatic heterocycles. The lowest BCUT2D eigenvalue weighted by atomic mass is 10.2. The molecule has 1 N–H and O–H groups in total. The Balaban J connectivity index is 2.16. The molecule has 2 rings (SSSR count). The van der Waals surface area contributed by atoms with Crippen molar-refractivity contribution in [1.29, 1.82) is 0 Å². The second kappa shape index (κ2) is 5.99. The van der Waals surface area contributed by atoms with Crippen LogP contribution < -0.4 is 4.74 Å². The molecule has 0 amide bonds. The molecule has 0 unspecified atom stereocenters. The van der Waals surface area contributed by atoms with E-state index in [0.29, 0.717) is 21.9 Å². The highest BCUT2D eigenvalue weighted by molar-refractivity contribution is 6.30. The summed E-state index contributed by atoms with van der Waals surface area (Å²) >= 11 is 5.77. The van der Waals surface area contributed by atoms with Gasteiger partial charge in [-0.25, -0.2) is 8.78 Å². The number of hydrogen-bond donors (Lipinski definition) is 1. The van der Waals surface area contributed by atoms with Gasteiger partial charge in [0, 0.05) is 16.1 Å². The summed E-state index contributed by atoms with van der Waals surface area (Å²) in [6.45, 7) is -0.407. The molecule has 0 saturated carbocycles. The smallest absolute Gasteiger partial charge is 0.129 e. The summed E-state index contributed by atoms with van der Waals surface area (Å²) in [5.41, 5.74) is 0.600. The predicted molar refractivity (Wildman–Crippen MR) is 68.1 cm³/mol. The van der Waals surface area contributed by atoms with Crippen LogP contribution in [0.5, 0.6) is 5.75 Å². The molecule has 0 saturated heterocycles. The van der Waals surface area contributed by atoms with Crippen molar-refractivity contribution in [1.82, 2.24) is 0 Å². The fourth-order valence-corrected chi connectivity index (χ4v) is 1.82. The minimum atomic E-state index is -0.467. The molecule has 0 radical (unpaired) electrons. The Hall–Kier alpha value is -1.65. The van der Waals surface area contributed by atoms with Gasteiger partial charge in [0.2, 0.25) is 0 Å². The van der Waals surface area contributed by atoms with E-state index in [4.69, 9.17) is 21.4 Å². The van der Waals surface area contributed by atoms with E-state index in [1.54, 1.807) is 0 Å². The van der Waals surface area contributed by atoms with Gasteiger partial charge in [-0.1, -0.05) is 11.6 Å². The molecule has 0 aliphatic rings. The molecule has 0 bridgehead atoms. The van der Waals surface area contributed by atoms with E-state index in [1.165, 1.54) is 36.4 Å². The number of aliphatic hydroxyl groups excluding tert-OH is 1. The Labute approximate surface area is 114 Å². The van der Waals surface area contributed by atoms with Gasteiger partial charge in [0.05, 0.1) is 6.61 Å². The molecule has 0 heterocycles. The van der Waals surface area contributed by atoms with Crippen molar-refractivity contribution in [2.24, 2.45) is 0 Å². The molecule has 100 valence electrons. The van der Waals surface area contributed by atoms with E-state index in [0.717, 1.165) is 0 Å². The van der Waals surface area contributed by atoms with Crippen molar-refractivity contribution in [2.75, 3.05) is 0 Å². The predicted octanol–water partition coefficient (Wildman–Crippen LogP) is 3.69. The third-order valence-corrected chi connectivity index (χ3v) is 2.82. The lowest BCUT2D eigenvalue weighted by Gasteiger charge is -2.11. The summed E-state index contributed by atoms with van der Waals surface area (Å²) in [5.74, 6) is -0.592. The molecule has 5 heteroatoms. The van der Waals surface area contributed by atoms with Gasteiger partial charge in [-0.3, -0.25) is 0 Å². The van der Waals surface area contributed by atoms with Crippen molar-refractivity contribution < 1.29 is 18.6 Å². The van der Waals surface area contributed by atoms with Crippen molar-refractivity contribution in [3.63, 3.8) is 0 Å². The molecule has 0 fully saturated rings. The number of rotatable bonds is 4. The third kappa shape index (κ3) is 3.43. The maximum absolute atomic E-state index is 13.5. The van der Waals surface area contributed by atoms with E-state index >= 15 is 0 Å². The van der Waals surface area contributed by atoms with Crippen LogP contribution in [0.3, 0.4) is 0 Å². The summed E-state index contributed by atoms with van der Waals surface area (Å²) in [5, 5.41) is 9.50. The first-order chi connectivity index (χ1) is 9.10. The molecular weight excluding hydrogens is 274 g/mol. The highest BCUT2D eigenvalue weighted by atomic mass is 35.5. The molecule has 2 nitrogen and oxygen atoms in total. The molecule has 0 aliphatic heterocycles. The third-order valence-electron chi connectivity index (χ3n) is 2.58. The summed E-state index contributed by atoms with van der Waals surface area (Å²) < 4.78 is 31.8. The lowest BCUT2D eigenvalue weighted by Crippen LogP contribution is -2.01. The Morgan fingerprint density at radius 3 is 2.58 bits per heavy atom. The summed E-state index contributed by atoms with van der Waals surface area (Å²) in [4.78, 5) is 0. The van der Waals surface area contributed by atoms with Crippen molar-refractivity contribution in [3.8, 4) is 5.75 Å². The van der Waals surface area contributed by atoms with Crippen molar-refractivity contribution in [2.45, 2.75) is 13.2 Å². The fourth-order valence-electron chi connectivity index (χ4n) is 1.62. The minimum absolute atomic E-state index is 0.0506. The average molecular weight is 285 g/mol. The highest BCUT2D eigenvalue weighted by Crippen LogP contribution is 2.22. The quantitative estimate of drug-likeness (QED) is 0.928. The summed E-state index contributed by atoms with van der Waals surface area (Å²) in [7, 11) is 0. The highest BCUT2D eigenvalue weighted by Gasteiger charge is 2.08. The van der Waals surface area contributed by atoms with E-state index in [-0.39, 0.29) is 13.2 Å². The molecule has 0 spiro atoms. The van der Waals surface area contributed by atoms with Crippen LogP contribution in [0, 0.1) is 11.6 Å². The average Bonchev–Trinajstić information content (AvgIpc) is 2.40. The maximum Gasteiger partial charge on any atom is 0.129 e. The van der Waals surface area contributed by atoms with Gasteiger partial charge in [-0.15, -0.1) is 0 Å². The molecule has 2 aromatic carbocycles. The first-order valence-electron chi connectivity index (χ1n) is 5.56. The van der Waals surface area contributed by atoms with Crippen LogP contribution >= 0.6 is 11.6 Å². The Bertz CT molecular complexity index is 588. The van der Waals surface area contributed by atoms with Gasteiger partial charge in [-0.05, 0) is 36.4 Å². The van der Waals surface area contributed by atoms with Crippen LogP contribution in [0.25, 0.3) is 0 Å². The first kappa shape index (κ1) is 13.8. The van der Waals surface area contributed by atoms with Gasteiger partial charge >= 0.3 is 0 Å². The van der Waals surface area contributed by atoms with Gasteiger partial charge in [-0.2, -0.15) is 0 Å². The number of hydrogen-bond acceptors (Lipinski definition) is 2. The Kier molecular flexibility index (Phi) is 4.35. The summed E-state index contributed by atoms with van der Waals surface area (Å²) in [6, 6.07) is 7.92. The van der Waals surface area contributed by atoms with E-state index in [1.807, 2.05) is 0 Å². The van der Waals surface area contributed by atoms with Crippen LogP contribution in [0.4, 0.5) is 8.78 Å². The maximum atomic E-state index is 13.5. The largest absolute Gasteiger partial charge is 0.488 e. The fraction of sp³-hybridized carbons (Fsp3) is 0.143. The zero-order valence-electron chi connectivity index (χ0n) is 9.87. The van der Waals surface area contributed by atoms with Crippen LogP contribution in [-0.2, 0) is 13.2 Å². The van der Waals surface area contributed by atoms with Gasteiger partial charge < -0.3 is 9.84 Å². The standard InChI is InChI=1S/C14H11ClF2O2/c15-11-1-3-13(17)10(5-11)8-19-14-4-2-12(16)6-9(14)7-18/h1-6,18H,7-8H2. The van der Waals surface area contributed by atoms with Gasteiger partial charge in [0.25, 0.3) is 0 Å². The van der Waals surface area contributed by atoms with Gasteiger partial charge in [0.15, 0.2) is 0 Å².